The van der Waals surface area contributed by atoms with Crippen LogP contribution in [-0.2, 0) is 4.79 Å². The zero-order chi connectivity index (χ0) is 14.6. The van der Waals surface area contributed by atoms with Crippen molar-refractivity contribution in [2.45, 2.75) is 59.3 Å². The number of nitrogens with one attached hydrogen (secondary N) is 1. The Balaban J connectivity index is 1.97. The molecule has 2 aliphatic heterocycles. The van der Waals surface area contributed by atoms with Crippen LogP contribution in [0.5, 0.6) is 0 Å². The maximum Gasteiger partial charge on any atom is 0.228 e. The van der Waals surface area contributed by atoms with Crippen molar-refractivity contribution in [3.8, 4) is 0 Å². The summed E-state index contributed by atoms with van der Waals surface area (Å²) in [6, 6.07) is 0. The minimum absolute atomic E-state index is 0.209. The lowest BCUT2D eigenvalue weighted by Gasteiger charge is -2.39. The van der Waals surface area contributed by atoms with E-state index in [1.807, 2.05) is 0 Å². The normalized spacial score (nSPS) is 29.1. The van der Waals surface area contributed by atoms with Gasteiger partial charge in [0.15, 0.2) is 0 Å². The molecule has 2 rings (SSSR count). The molecule has 2 aliphatic rings. The molecule has 1 N–H and O–H groups in total. The Morgan fingerprint density at radius 3 is 2.65 bits per heavy atom. The third-order valence-corrected chi connectivity index (χ3v) is 5.58. The van der Waals surface area contributed by atoms with Crippen molar-refractivity contribution in [1.29, 1.82) is 0 Å². The molecule has 2 atom stereocenters. The largest absolute Gasteiger partial charge is 0.342 e. The van der Waals surface area contributed by atoms with E-state index in [1.165, 1.54) is 38.5 Å². The molecule has 2 unspecified atom stereocenters. The number of nitrogens with zero attached hydrogens (tertiary/aromatic N) is 1. The first-order valence-electron chi connectivity index (χ1n) is 8.55. The summed E-state index contributed by atoms with van der Waals surface area (Å²) in [5, 5.41) is 3.46. The van der Waals surface area contributed by atoms with Crippen LogP contribution in [0.4, 0.5) is 0 Å². The third-order valence-electron chi connectivity index (χ3n) is 5.58. The Hall–Kier alpha value is -0.570. The molecular formula is C17H32N2O. The fraction of sp³-hybridized carbons (Fsp3) is 0.941. The van der Waals surface area contributed by atoms with Crippen LogP contribution in [0.2, 0.25) is 0 Å². The van der Waals surface area contributed by atoms with Crippen molar-refractivity contribution in [1.82, 2.24) is 10.2 Å². The summed E-state index contributed by atoms with van der Waals surface area (Å²) >= 11 is 0. The quantitative estimate of drug-likeness (QED) is 0.862. The highest BCUT2D eigenvalue weighted by molar-refractivity contribution is 5.82. The van der Waals surface area contributed by atoms with E-state index in [0.29, 0.717) is 11.8 Å². The number of piperidine rings is 1. The van der Waals surface area contributed by atoms with Gasteiger partial charge in [-0.3, -0.25) is 4.79 Å². The van der Waals surface area contributed by atoms with E-state index in [0.717, 1.165) is 32.1 Å². The summed E-state index contributed by atoms with van der Waals surface area (Å²) in [6.45, 7) is 10.7. The lowest BCUT2D eigenvalue weighted by molar-refractivity contribution is -0.143. The van der Waals surface area contributed by atoms with E-state index in [4.69, 9.17) is 0 Å². The molecule has 0 aromatic rings. The standard InChI is InChI=1S/C17H32N2O/c1-4-14-7-6-11-19(12-9-14)16(20)17(2,3)15-8-5-10-18-13-15/h14-15,18H,4-13H2,1-3H3. The van der Waals surface area contributed by atoms with Crippen molar-refractivity contribution in [3.63, 3.8) is 0 Å². The van der Waals surface area contributed by atoms with Gasteiger partial charge in [-0.25, -0.2) is 0 Å². The number of hydrogen-bond acceptors (Lipinski definition) is 2. The monoisotopic (exact) mass is 280 g/mol. The fourth-order valence-corrected chi connectivity index (χ4v) is 3.83. The van der Waals surface area contributed by atoms with Gasteiger partial charge in [0.1, 0.15) is 0 Å². The molecular weight excluding hydrogens is 248 g/mol. The summed E-state index contributed by atoms with van der Waals surface area (Å²) in [4.78, 5) is 15.1. The van der Waals surface area contributed by atoms with Gasteiger partial charge in [-0.1, -0.05) is 27.2 Å². The minimum atomic E-state index is -0.209. The Kier molecular flexibility index (Phi) is 5.48. The molecule has 2 fully saturated rings. The maximum absolute atomic E-state index is 13.0. The summed E-state index contributed by atoms with van der Waals surface area (Å²) in [5.74, 6) is 1.71. The number of amides is 1. The Morgan fingerprint density at radius 2 is 2.00 bits per heavy atom. The van der Waals surface area contributed by atoms with Crippen molar-refractivity contribution in [2.24, 2.45) is 17.3 Å². The molecule has 3 heteroatoms. The van der Waals surface area contributed by atoms with Crippen LogP contribution in [0.1, 0.15) is 59.3 Å². The van der Waals surface area contributed by atoms with Gasteiger partial charge in [0.2, 0.25) is 5.91 Å². The van der Waals surface area contributed by atoms with Gasteiger partial charge < -0.3 is 10.2 Å². The molecule has 0 aromatic carbocycles. The highest BCUT2D eigenvalue weighted by Gasteiger charge is 2.40. The molecule has 1 amide bonds. The van der Waals surface area contributed by atoms with Crippen molar-refractivity contribution < 1.29 is 4.79 Å². The van der Waals surface area contributed by atoms with Crippen LogP contribution in [0.3, 0.4) is 0 Å². The zero-order valence-electron chi connectivity index (χ0n) is 13.6. The van der Waals surface area contributed by atoms with E-state index >= 15 is 0 Å². The van der Waals surface area contributed by atoms with Gasteiger partial charge in [0, 0.05) is 18.5 Å². The first kappa shape index (κ1) is 15.8. The van der Waals surface area contributed by atoms with Crippen molar-refractivity contribution in [2.75, 3.05) is 26.2 Å². The third kappa shape index (κ3) is 3.55. The smallest absolute Gasteiger partial charge is 0.228 e. The predicted octanol–water partition coefficient (Wildman–Crippen LogP) is 3.05. The van der Waals surface area contributed by atoms with Crippen LogP contribution in [0, 0.1) is 17.3 Å². The van der Waals surface area contributed by atoms with Crippen LogP contribution >= 0.6 is 0 Å². The van der Waals surface area contributed by atoms with E-state index < -0.39 is 0 Å². The molecule has 20 heavy (non-hydrogen) atoms. The molecule has 3 nitrogen and oxygen atoms in total. The SMILES string of the molecule is CCC1CCCN(C(=O)C(C)(C)C2CCCNC2)CC1. The Morgan fingerprint density at radius 1 is 1.20 bits per heavy atom. The number of carbonyl (C=O) groups excluding carboxylic acids is 1. The van der Waals surface area contributed by atoms with E-state index in [9.17, 15) is 4.79 Å². The maximum atomic E-state index is 13.0. The summed E-state index contributed by atoms with van der Waals surface area (Å²) in [7, 11) is 0. The summed E-state index contributed by atoms with van der Waals surface area (Å²) < 4.78 is 0. The minimum Gasteiger partial charge on any atom is -0.342 e. The Bertz CT molecular complexity index is 321. The lowest BCUT2D eigenvalue weighted by atomic mass is 9.74. The van der Waals surface area contributed by atoms with E-state index in [2.05, 4.69) is 31.0 Å². The van der Waals surface area contributed by atoms with E-state index in [1.54, 1.807) is 0 Å². The molecule has 2 saturated heterocycles. The second kappa shape index (κ2) is 6.93. The van der Waals surface area contributed by atoms with Gasteiger partial charge in [-0.2, -0.15) is 0 Å². The topological polar surface area (TPSA) is 32.3 Å². The molecule has 0 aliphatic carbocycles. The highest BCUT2D eigenvalue weighted by Crippen LogP contribution is 2.34. The molecule has 0 aromatic heterocycles. The number of likely N-dealkylation sites (tertiary alicyclic amines) is 1. The van der Waals surface area contributed by atoms with E-state index in [-0.39, 0.29) is 5.41 Å². The second-order valence-electron chi connectivity index (χ2n) is 7.26. The van der Waals surface area contributed by atoms with Gasteiger partial charge in [-0.05, 0) is 57.0 Å². The number of rotatable bonds is 3. The summed E-state index contributed by atoms with van der Waals surface area (Å²) in [5.41, 5.74) is -0.209. The number of hydrogen-bond donors (Lipinski definition) is 1. The Labute approximate surface area is 124 Å². The van der Waals surface area contributed by atoms with Gasteiger partial charge >= 0.3 is 0 Å². The highest BCUT2D eigenvalue weighted by atomic mass is 16.2. The first-order chi connectivity index (χ1) is 9.55. The van der Waals surface area contributed by atoms with Gasteiger partial charge in [-0.15, -0.1) is 0 Å². The van der Waals surface area contributed by atoms with Gasteiger partial charge in [0.05, 0.1) is 0 Å². The molecule has 0 bridgehead atoms. The van der Waals surface area contributed by atoms with Crippen LogP contribution in [-0.4, -0.2) is 37.0 Å². The molecule has 116 valence electrons. The number of carbonyl (C=O) groups is 1. The average Bonchev–Trinajstić information content (AvgIpc) is 2.72. The molecule has 2 heterocycles. The molecule has 0 radical (unpaired) electrons. The molecule has 0 spiro atoms. The van der Waals surface area contributed by atoms with Crippen LogP contribution in [0.25, 0.3) is 0 Å². The second-order valence-corrected chi connectivity index (χ2v) is 7.26. The fourth-order valence-electron chi connectivity index (χ4n) is 3.83. The molecule has 0 saturated carbocycles. The first-order valence-corrected chi connectivity index (χ1v) is 8.55. The zero-order valence-corrected chi connectivity index (χ0v) is 13.6. The predicted molar refractivity (Wildman–Crippen MR) is 83.6 cm³/mol. The van der Waals surface area contributed by atoms with Crippen LogP contribution in [0.15, 0.2) is 0 Å². The van der Waals surface area contributed by atoms with Crippen molar-refractivity contribution >= 4 is 5.91 Å². The van der Waals surface area contributed by atoms with Crippen molar-refractivity contribution in [3.05, 3.63) is 0 Å². The van der Waals surface area contributed by atoms with Gasteiger partial charge in [0.25, 0.3) is 0 Å². The van der Waals surface area contributed by atoms with Crippen LogP contribution < -0.4 is 5.32 Å². The average molecular weight is 280 g/mol. The summed E-state index contributed by atoms with van der Waals surface area (Å²) in [6.07, 6.45) is 7.34. The lowest BCUT2D eigenvalue weighted by Crippen LogP contribution is -2.49.